The van der Waals surface area contributed by atoms with Crippen LogP contribution >= 0.6 is 22.6 Å². The van der Waals surface area contributed by atoms with Crippen LogP contribution in [0.5, 0.6) is 5.75 Å². The van der Waals surface area contributed by atoms with Crippen molar-refractivity contribution in [3.05, 3.63) is 75.9 Å². The number of carbonyl (C=O) groups is 1. The lowest BCUT2D eigenvalue weighted by molar-refractivity contribution is 0.102. The normalized spacial score (nSPS) is 10.8. The van der Waals surface area contributed by atoms with Gasteiger partial charge in [-0.2, -0.15) is 0 Å². The van der Waals surface area contributed by atoms with Gasteiger partial charge in [-0.3, -0.25) is 4.79 Å². The van der Waals surface area contributed by atoms with Crippen LogP contribution in [0.3, 0.4) is 0 Å². The molecule has 0 unspecified atom stereocenters. The molecule has 0 atom stereocenters. The number of amides is 1. The Morgan fingerprint density at radius 3 is 2.79 bits per heavy atom. The summed E-state index contributed by atoms with van der Waals surface area (Å²) in [4.78, 5) is 17.2. The zero-order valence-electron chi connectivity index (χ0n) is 15.8. The number of nitrogens with zero attached hydrogens (tertiary/aromatic N) is 1. The summed E-state index contributed by atoms with van der Waals surface area (Å²) in [6.45, 7) is 2.66. The van der Waals surface area contributed by atoms with E-state index in [1.54, 1.807) is 18.2 Å². The van der Waals surface area contributed by atoms with Crippen molar-refractivity contribution >= 4 is 45.3 Å². The summed E-state index contributed by atoms with van der Waals surface area (Å²) in [5.41, 5.74) is 3.48. The number of carbonyl (C=O) groups excluding carboxylic acids is 1. The van der Waals surface area contributed by atoms with Crippen molar-refractivity contribution in [1.82, 2.24) is 4.98 Å². The maximum atomic E-state index is 12.6. The predicted molar refractivity (Wildman–Crippen MR) is 122 cm³/mol. The molecule has 3 aromatic carbocycles. The first-order chi connectivity index (χ1) is 14.1. The zero-order chi connectivity index (χ0) is 20.2. The molecule has 0 aliphatic heterocycles. The highest BCUT2D eigenvalue weighted by Crippen LogP contribution is 2.27. The van der Waals surface area contributed by atoms with Crippen LogP contribution < -0.4 is 10.1 Å². The van der Waals surface area contributed by atoms with Gasteiger partial charge in [-0.1, -0.05) is 19.1 Å². The number of benzene rings is 3. The van der Waals surface area contributed by atoms with Gasteiger partial charge in [-0.15, -0.1) is 0 Å². The maximum Gasteiger partial charge on any atom is 0.255 e. The topological polar surface area (TPSA) is 64.4 Å². The molecule has 0 radical (unpaired) electrons. The van der Waals surface area contributed by atoms with Crippen LogP contribution in [0, 0.1) is 3.57 Å². The molecule has 146 valence electrons. The van der Waals surface area contributed by atoms with Crippen LogP contribution in [0.25, 0.3) is 22.6 Å². The first kappa shape index (κ1) is 19.4. The highest BCUT2D eigenvalue weighted by molar-refractivity contribution is 14.1. The number of fused-ring (bicyclic) bond motifs is 1. The number of ether oxygens (including phenoxy) is 1. The van der Waals surface area contributed by atoms with Crippen molar-refractivity contribution in [2.75, 3.05) is 11.9 Å². The summed E-state index contributed by atoms with van der Waals surface area (Å²) in [5.74, 6) is 1.05. The van der Waals surface area contributed by atoms with Gasteiger partial charge in [0, 0.05) is 20.4 Å². The second-order valence-corrected chi connectivity index (χ2v) is 7.79. The Bertz CT molecular complexity index is 1170. The molecule has 6 heteroatoms. The smallest absolute Gasteiger partial charge is 0.255 e. The van der Waals surface area contributed by atoms with Crippen molar-refractivity contribution in [1.29, 1.82) is 0 Å². The highest BCUT2D eigenvalue weighted by atomic mass is 127. The first-order valence-corrected chi connectivity index (χ1v) is 10.4. The van der Waals surface area contributed by atoms with E-state index in [4.69, 9.17) is 9.15 Å². The van der Waals surface area contributed by atoms with Crippen molar-refractivity contribution in [2.45, 2.75) is 13.3 Å². The molecule has 29 heavy (non-hydrogen) atoms. The molecule has 0 aliphatic rings. The molecule has 4 rings (SSSR count). The lowest BCUT2D eigenvalue weighted by Crippen LogP contribution is -2.12. The first-order valence-electron chi connectivity index (χ1n) is 9.33. The molecule has 0 spiro atoms. The molecule has 0 aliphatic carbocycles. The number of oxazole rings is 1. The highest BCUT2D eigenvalue weighted by Gasteiger charge is 2.12. The molecule has 4 aromatic rings. The molecule has 5 nitrogen and oxygen atoms in total. The van der Waals surface area contributed by atoms with Crippen LogP contribution in [0.1, 0.15) is 23.7 Å². The summed E-state index contributed by atoms with van der Waals surface area (Å²) in [6.07, 6.45) is 0.915. The molecule has 1 aromatic heterocycles. The van der Waals surface area contributed by atoms with Gasteiger partial charge < -0.3 is 14.5 Å². The SMILES string of the molecule is CCCOc1cccc(C(=O)Nc2ccc3oc(-c4cccc(I)c4)nc3c2)c1. The monoisotopic (exact) mass is 498 g/mol. The van der Waals surface area contributed by atoms with E-state index < -0.39 is 0 Å². The van der Waals surface area contributed by atoms with Gasteiger partial charge in [0.15, 0.2) is 5.58 Å². The number of hydrogen-bond donors (Lipinski definition) is 1. The molecular weight excluding hydrogens is 479 g/mol. The molecule has 0 saturated heterocycles. The Hall–Kier alpha value is -2.87. The zero-order valence-corrected chi connectivity index (χ0v) is 18.0. The van der Waals surface area contributed by atoms with Gasteiger partial charge in [0.1, 0.15) is 11.3 Å². The second kappa shape index (κ2) is 8.65. The van der Waals surface area contributed by atoms with Crippen LogP contribution in [0.15, 0.2) is 71.1 Å². The molecule has 1 N–H and O–H groups in total. The molecule has 1 amide bonds. The van der Waals surface area contributed by atoms with Crippen LogP contribution in [0.4, 0.5) is 5.69 Å². The Labute approximate surface area is 182 Å². The summed E-state index contributed by atoms with van der Waals surface area (Å²) in [5, 5.41) is 2.91. The third-order valence-corrected chi connectivity index (χ3v) is 4.96. The van der Waals surface area contributed by atoms with E-state index in [0.717, 1.165) is 15.6 Å². The number of rotatable bonds is 6. The fourth-order valence-corrected chi connectivity index (χ4v) is 3.44. The molecule has 0 fully saturated rings. The molecular formula is C23H19IN2O3. The van der Waals surface area contributed by atoms with Gasteiger partial charge in [-0.25, -0.2) is 4.98 Å². The number of aromatic nitrogens is 1. The van der Waals surface area contributed by atoms with Gasteiger partial charge in [-0.05, 0) is 83.6 Å². The van der Waals surface area contributed by atoms with Crippen molar-refractivity contribution in [2.24, 2.45) is 0 Å². The number of hydrogen-bond acceptors (Lipinski definition) is 4. The van der Waals surface area contributed by atoms with Crippen molar-refractivity contribution < 1.29 is 13.9 Å². The fraction of sp³-hybridized carbons (Fsp3) is 0.130. The van der Waals surface area contributed by atoms with E-state index >= 15 is 0 Å². The van der Waals surface area contributed by atoms with E-state index in [1.807, 2.05) is 55.5 Å². The van der Waals surface area contributed by atoms with Gasteiger partial charge in [0.05, 0.1) is 6.61 Å². The van der Waals surface area contributed by atoms with E-state index in [0.29, 0.717) is 40.6 Å². The quantitative estimate of drug-likeness (QED) is 0.325. The van der Waals surface area contributed by atoms with Crippen LogP contribution in [-0.2, 0) is 0 Å². The fourth-order valence-electron chi connectivity index (χ4n) is 2.90. The van der Waals surface area contributed by atoms with E-state index in [-0.39, 0.29) is 5.91 Å². The molecule has 1 heterocycles. The van der Waals surface area contributed by atoms with E-state index in [9.17, 15) is 4.79 Å². The summed E-state index contributed by atoms with van der Waals surface area (Å²) < 4.78 is 12.6. The van der Waals surface area contributed by atoms with E-state index in [1.165, 1.54) is 0 Å². The molecule has 0 saturated carbocycles. The Kier molecular flexibility index (Phi) is 5.80. The number of halogens is 1. The third kappa shape index (κ3) is 4.59. The second-order valence-electron chi connectivity index (χ2n) is 6.54. The minimum atomic E-state index is -0.201. The average Bonchev–Trinajstić information content (AvgIpc) is 3.16. The summed E-state index contributed by atoms with van der Waals surface area (Å²) >= 11 is 2.26. The van der Waals surface area contributed by atoms with Crippen LogP contribution in [0.2, 0.25) is 0 Å². The minimum absolute atomic E-state index is 0.201. The van der Waals surface area contributed by atoms with Crippen molar-refractivity contribution in [3.8, 4) is 17.2 Å². The van der Waals surface area contributed by atoms with E-state index in [2.05, 4.69) is 32.9 Å². The lowest BCUT2D eigenvalue weighted by atomic mass is 10.2. The van der Waals surface area contributed by atoms with Crippen LogP contribution in [-0.4, -0.2) is 17.5 Å². The largest absolute Gasteiger partial charge is 0.494 e. The Morgan fingerprint density at radius 1 is 1.10 bits per heavy atom. The Balaban J connectivity index is 1.55. The maximum absolute atomic E-state index is 12.6. The third-order valence-electron chi connectivity index (χ3n) is 4.29. The van der Waals surface area contributed by atoms with Gasteiger partial charge in [0.2, 0.25) is 5.89 Å². The van der Waals surface area contributed by atoms with Gasteiger partial charge in [0.25, 0.3) is 5.91 Å². The lowest BCUT2D eigenvalue weighted by Gasteiger charge is -2.08. The summed E-state index contributed by atoms with van der Waals surface area (Å²) in [6, 6.07) is 20.6. The number of anilines is 1. The predicted octanol–water partition coefficient (Wildman–Crippen LogP) is 6.14. The van der Waals surface area contributed by atoms with Gasteiger partial charge >= 0.3 is 0 Å². The average molecular weight is 498 g/mol. The minimum Gasteiger partial charge on any atom is -0.494 e. The number of nitrogens with one attached hydrogen (secondary N) is 1. The Morgan fingerprint density at radius 2 is 1.97 bits per heavy atom. The van der Waals surface area contributed by atoms with Crippen molar-refractivity contribution in [3.63, 3.8) is 0 Å². The molecule has 0 bridgehead atoms. The standard InChI is InChI=1S/C23H19IN2O3/c1-2-11-28-19-8-4-5-15(13-19)22(27)25-18-9-10-21-20(14-18)26-23(29-21)16-6-3-7-17(24)12-16/h3-10,12-14H,2,11H2,1H3,(H,25,27). The summed E-state index contributed by atoms with van der Waals surface area (Å²) in [7, 11) is 0.